The molecule has 0 heterocycles. The Hall–Kier alpha value is -3.41. The molecule has 1 atom stereocenters. The van der Waals surface area contributed by atoms with E-state index in [9.17, 15) is 14.4 Å². The molecule has 0 amide bonds. The lowest BCUT2D eigenvalue weighted by Crippen LogP contribution is -2.30. The van der Waals surface area contributed by atoms with Crippen molar-refractivity contribution in [3.63, 3.8) is 0 Å². The quantitative estimate of drug-likeness (QED) is 0.0261. The van der Waals surface area contributed by atoms with Gasteiger partial charge in [0.25, 0.3) is 0 Å². The number of carbonyl (C=O) groups excluding carboxylic acids is 3. The molecule has 0 bridgehead atoms. The number of rotatable bonds is 66. The lowest BCUT2D eigenvalue weighted by Gasteiger charge is -2.18. The van der Waals surface area contributed by atoms with E-state index in [0.29, 0.717) is 19.3 Å². The summed E-state index contributed by atoms with van der Waals surface area (Å²) in [6.45, 7) is 6.53. The predicted octanol–water partition coefficient (Wildman–Crippen LogP) is 25.0. The van der Waals surface area contributed by atoms with Gasteiger partial charge >= 0.3 is 17.9 Å². The molecule has 0 radical (unpaired) electrons. The van der Waals surface area contributed by atoms with Gasteiger partial charge < -0.3 is 14.2 Å². The molecule has 480 valence electrons. The van der Waals surface area contributed by atoms with Gasteiger partial charge in [-0.1, -0.05) is 318 Å². The molecule has 83 heavy (non-hydrogen) atoms. The summed E-state index contributed by atoms with van der Waals surface area (Å²) >= 11 is 0. The summed E-state index contributed by atoms with van der Waals surface area (Å²) in [5.41, 5.74) is 0. The lowest BCUT2D eigenvalue weighted by molar-refractivity contribution is -0.167. The number of hydrogen-bond donors (Lipinski definition) is 0. The zero-order valence-electron chi connectivity index (χ0n) is 55.2. The van der Waals surface area contributed by atoms with Gasteiger partial charge in [-0.05, 0) is 116 Å². The van der Waals surface area contributed by atoms with Crippen LogP contribution in [0.3, 0.4) is 0 Å². The van der Waals surface area contributed by atoms with Crippen LogP contribution in [0.2, 0.25) is 0 Å². The van der Waals surface area contributed by atoms with E-state index in [1.54, 1.807) is 0 Å². The van der Waals surface area contributed by atoms with Crippen molar-refractivity contribution < 1.29 is 28.6 Å². The second-order valence-corrected chi connectivity index (χ2v) is 24.1. The van der Waals surface area contributed by atoms with Crippen LogP contribution in [0.1, 0.15) is 367 Å². The highest BCUT2D eigenvalue weighted by Gasteiger charge is 2.19. The van der Waals surface area contributed by atoms with Crippen molar-refractivity contribution in [3.05, 3.63) is 85.1 Å². The SMILES string of the molecule is CC/C=C\C/C=C\C/C=C\CCCCCC(=O)OCC(COC(=O)CCCCCCCCCCCCCCCCCCC/C=C\CCCCCCCCCC)OC(=O)CCCCCCCCCC/C=C\C/C=C\C/C=C\CCCCCCC. The zero-order valence-corrected chi connectivity index (χ0v) is 55.2. The van der Waals surface area contributed by atoms with Crippen molar-refractivity contribution in [3.8, 4) is 0 Å². The topological polar surface area (TPSA) is 78.9 Å². The van der Waals surface area contributed by atoms with Gasteiger partial charge in [0.05, 0.1) is 0 Å². The number of hydrogen-bond acceptors (Lipinski definition) is 6. The molecule has 0 aliphatic carbocycles. The Morgan fingerprint density at radius 1 is 0.253 bits per heavy atom. The number of esters is 3. The fraction of sp³-hybridized carbons (Fsp3) is 0.779. The van der Waals surface area contributed by atoms with Crippen molar-refractivity contribution in [1.82, 2.24) is 0 Å². The van der Waals surface area contributed by atoms with Gasteiger partial charge in [0.2, 0.25) is 0 Å². The highest BCUT2D eigenvalue weighted by molar-refractivity contribution is 5.71. The first-order chi connectivity index (χ1) is 41.0. The van der Waals surface area contributed by atoms with E-state index in [-0.39, 0.29) is 31.1 Å². The summed E-state index contributed by atoms with van der Waals surface area (Å²) in [5.74, 6) is -0.908. The van der Waals surface area contributed by atoms with Gasteiger partial charge in [-0.2, -0.15) is 0 Å². The van der Waals surface area contributed by atoms with Gasteiger partial charge in [0, 0.05) is 19.3 Å². The Morgan fingerprint density at radius 2 is 0.470 bits per heavy atom. The van der Waals surface area contributed by atoms with E-state index in [1.807, 2.05) is 0 Å². The van der Waals surface area contributed by atoms with Crippen LogP contribution in [0.25, 0.3) is 0 Å². The molecule has 0 aliphatic heterocycles. The molecule has 0 aliphatic rings. The first-order valence-electron chi connectivity index (χ1n) is 36.1. The smallest absolute Gasteiger partial charge is 0.306 e. The number of unbranched alkanes of at least 4 members (excludes halogenated alkanes) is 41. The maximum atomic E-state index is 13.0. The molecule has 0 rings (SSSR count). The third-order valence-electron chi connectivity index (χ3n) is 15.9. The van der Waals surface area contributed by atoms with E-state index >= 15 is 0 Å². The van der Waals surface area contributed by atoms with Gasteiger partial charge in [-0.15, -0.1) is 0 Å². The predicted molar refractivity (Wildman–Crippen MR) is 362 cm³/mol. The van der Waals surface area contributed by atoms with Crippen LogP contribution in [0, 0.1) is 0 Å². The van der Waals surface area contributed by atoms with Crippen LogP contribution in [-0.4, -0.2) is 37.2 Å². The van der Waals surface area contributed by atoms with Crippen LogP contribution < -0.4 is 0 Å². The Bertz CT molecular complexity index is 1570. The molecule has 0 aromatic heterocycles. The molecular formula is C77H136O6. The maximum absolute atomic E-state index is 13.0. The molecule has 0 saturated heterocycles. The lowest BCUT2D eigenvalue weighted by atomic mass is 10.0. The molecule has 6 nitrogen and oxygen atoms in total. The van der Waals surface area contributed by atoms with Gasteiger partial charge in [0.15, 0.2) is 6.10 Å². The first-order valence-corrected chi connectivity index (χ1v) is 36.1. The molecule has 1 unspecified atom stereocenters. The Balaban J connectivity index is 4.25. The number of ether oxygens (including phenoxy) is 3. The fourth-order valence-electron chi connectivity index (χ4n) is 10.5. The molecule has 0 aromatic carbocycles. The number of carbonyl (C=O) groups is 3. The van der Waals surface area contributed by atoms with Crippen molar-refractivity contribution in [2.75, 3.05) is 13.2 Å². The van der Waals surface area contributed by atoms with E-state index in [1.165, 1.54) is 225 Å². The van der Waals surface area contributed by atoms with E-state index < -0.39 is 6.10 Å². The average Bonchev–Trinajstić information content (AvgIpc) is 3.49. The van der Waals surface area contributed by atoms with Gasteiger partial charge in [-0.25, -0.2) is 0 Å². The Morgan fingerprint density at radius 3 is 0.759 bits per heavy atom. The number of allylic oxidation sites excluding steroid dienone is 14. The summed E-state index contributed by atoms with van der Waals surface area (Å²) < 4.78 is 17.0. The minimum Gasteiger partial charge on any atom is -0.462 e. The summed E-state index contributed by atoms with van der Waals surface area (Å²) in [4.78, 5) is 38.4. The first kappa shape index (κ1) is 79.6. The second-order valence-electron chi connectivity index (χ2n) is 24.1. The van der Waals surface area contributed by atoms with E-state index in [4.69, 9.17) is 14.2 Å². The highest BCUT2D eigenvalue weighted by atomic mass is 16.6. The molecule has 6 heteroatoms. The zero-order chi connectivity index (χ0) is 59.9. The van der Waals surface area contributed by atoms with Gasteiger partial charge in [-0.3, -0.25) is 14.4 Å². The molecule has 0 fully saturated rings. The van der Waals surface area contributed by atoms with Crippen molar-refractivity contribution >= 4 is 17.9 Å². The van der Waals surface area contributed by atoms with Crippen molar-refractivity contribution in [2.45, 2.75) is 374 Å². The van der Waals surface area contributed by atoms with Crippen LogP contribution in [0.15, 0.2) is 85.1 Å². The highest BCUT2D eigenvalue weighted by Crippen LogP contribution is 2.18. The molecule has 0 spiro atoms. The van der Waals surface area contributed by atoms with Crippen LogP contribution in [0.5, 0.6) is 0 Å². The van der Waals surface area contributed by atoms with Crippen LogP contribution in [0.4, 0.5) is 0 Å². The average molecular weight is 1160 g/mol. The third-order valence-corrected chi connectivity index (χ3v) is 15.9. The molecule has 0 saturated carbocycles. The molecule has 0 aromatic rings. The summed E-state index contributed by atoms with van der Waals surface area (Å²) in [6.07, 6.45) is 94.8. The minimum atomic E-state index is -0.794. The third kappa shape index (κ3) is 69.3. The monoisotopic (exact) mass is 1160 g/mol. The Kier molecular flexibility index (Phi) is 68.2. The summed E-state index contributed by atoms with van der Waals surface area (Å²) in [7, 11) is 0. The van der Waals surface area contributed by atoms with Gasteiger partial charge in [0.1, 0.15) is 13.2 Å². The largest absolute Gasteiger partial charge is 0.462 e. The van der Waals surface area contributed by atoms with Crippen molar-refractivity contribution in [2.24, 2.45) is 0 Å². The Labute approximate surface area is 515 Å². The summed E-state index contributed by atoms with van der Waals surface area (Å²) in [6, 6.07) is 0. The van der Waals surface area contributed by atoms with E-state index in [0.717, 1.165) is 103 Å². The minimum absolute atomic E-state index is 0.0867. The summed E-state index contributed by atoms with van der Waals surface area (Å²) in [5, 5.41) is 0. The van der Waals surface area contributed by atoms with Crippen molar-refractivity contribution in [1.29, 1.82) is 0 Å². The fourth-order valence-corrected chi connectivity index (χ4v) is 10.5. The molecular weight excluding hydrogens is 1020 g/mol. The second kappa shape index (κ2) is 71.1. The normalized spacial score (nSPS) is 12.6. The standard InChI is InChI=1S/C77H136O6/c1-4-7-10-13-16-19-22-25-27-29-31-33-35-36-37-38-39-40-42-43-45-47-49-52-55-58-61-64-67-70-76(79)82-73-74(72-81-75(78)69-66-63-60-57-54-51-24-21-18-15-12-9-6-3)83-77(80)71-68-65-62-59-56-53-50-48-46-44-41-34-32-30-28-26-23-20-17-14-11-8-5-2/h9,12,18,21,23,26,29-32,41,44,51,54,74H,4-8,10-11,13-17,19-20,22,24-25,27-28,33-40,42-43,45-50,52-53,55-73H2,1-3H3/b12-9-,21-18-,26-23-,31-29-,32-30-,44-41-,54-51-. The van der Waals surface area contributed by atoms with Crippen LogP contribution >= 0.6 is 0 Å². The van der Waals surface area contributed by atoms with Crippen LogP contribution in [-0.2, 0) is 28.6 Å². The maximum Gasteiger partial charge on any atom is 0.306 e. The van der Waals surface area contributed by atoms with E-state index in [2.05, 4.69) is 106 Å². The molecule has 0 N–H and O–H groups in total.